The molecule has 4 nitrogen and oxygen atoms in total. The minimum absolute atomic E-state index is 0.0380. The van der Waals surface area contributed by atoms with Gasteiger partial charge in [-0.05, 0) is 29.7 Å². The topological polar surface area (TPSA) is 44.7 Å². The molecular formula is C21H21N3OS. The summed E-state index contributed by atoms with van der Waals surface area (Å²) in [4.78, 5) is 19.4. The second-order valence-electron chi connectivity index (χ2n) is 6.37. The number of fused-ring (bicyclic) bond motifs is 1. The van der Waals surface area contributed by atoms with E-state index in [0.717, 1.165) is 41.5 Å². The lowest BCUT2D eigenvalue weighted by Gasteiger charge is -2.18. The highest BCUT2D eigenvalue weighted by Gasteiger charge is 2.27. The molecule has 26 heavy (non-hydrogen) atoms. The molecule has 1 N–H and O–H groups in total. The summed E-state index contributed by atoms with van der Waals surface area (Å²) in [7, 11) is 0. The van der Waals surface area contributed by atoms with Crippen LogP contribution >= 0.6 is 11.8 Å². The molecule has 0 radical (unpaired) electrons. The number of rotatable bonds is 5. The van der Waals surface area contributed by atoms with Crippen LogP contribution in [0.4, 0.5) is 5.69 Å². The number of aliphatic imine (C=N–C) groups is 1. The summed E-state index contributed by atoms with van der Waals surface area (Å²) in [5, 5.41) is 6.29. The van der Waals surface area contributed by atoms with Gasteiger partial charge in [-0.1, -0.05) is 61.2 Å². The second-order valence-corrected chi connectivity index (χ2v) is 7.21. The Balaban J connectivity index is 1.46. The Bertz CT molecular complexity index is 859. The van der Waals surface area contributed by atoms with Gasteiger partial charge < -0.3 is 10.2 Å². The third-order valence-electron chi connectivity index (χ3n) is 4.74. The van der Waals surface area contributed by atoms with E-state index in [1.165, 1.54) is 5.70 Å². The molecule has 5 heteroatoms. The molecule has 2 aliphatic rings. The molecule has 1 unspecified atom stereocenters. The minimum atomic E-state index is -0.131. The number of amides is 1. The van der Waals surface area contributed by atoms with E-state index in [1.807, 2.05) is 49.4 Å². The lowest BCUT2D eigenvalue weighted by Crippen LogP contribution is -2.21. The molecule has 0 saturated carbocycles. The van der Waals surface area contributed by atoms with Crippen LogP contribution in [0.3, 0.4) is 0 Å². The minimum Gasteiger partial charge on any atom is -0.326 e. The standard InChI is InChI=1S/C21H21N3OS/c1-2-18(15-6-4-3-5-7-15)20(25)23-17-10-8-16(9-11-17)19-14-26-21-22-12-13-24(19)21/h3-11,14,18H,2,12-13H2,1H3,(H,23,25). The molecule has 2 aliphatic heterocycles. The van der Waals surface area contributed by atoms with Crippen LogP contribution in [-0.2, 0) is 4.79 Å². The molecule has 0 bridgehead atoms. The number of carbonyl (C=O) groups is 1. The van der Waals surface area contributed by atoms with Crippen molar-refractivity contribution in [3.8, 4) is 0 Å². The van der Waals surface area contributed by atoms with Crippen LogP contribution in [0.5, 0.6) is 0 Å². The van der Waals surface area contributed by atoms with Crippen molar-refractivity contribution in [2.45, 2.75) is 19.3 Å². The summed E-state index contributed by atoms with van der Waals surface area (Å²) >= 11 is 1.68. The first-order chi connectivity index (χ1) is 12.8. The van der Waals surface area contributed by atoms with Gasteiger partial charge in [-0.3, -0.25) is 9.79 Å². The molecule has 1 amide bonds. The zero-order valence-electron chi connectivity index (χ0n) is 14.7. The highest BCUT2D eigenvalue weighted by molar-refractivity contribution is 8.16. The van der Waals surface area contributed by atoms with E-state index in [4.69, 9.17) is 0 Å². The quantitative estimate of drug-likeness (QED) is 0.848. The van der Waals surface area contributed by atoms with Crippen molar-refractivity contribution >= 4 is 34.2 Å². The summed E-state index contributed by atoms with van der Waals surface area (Å²) in [6.07, 6.45) is 0.773. The third-order valence-corrected chi connectivity index (χ3v) is 5.64. The summed E-state index contributed by atoms with van der Waals surface area (Å²) in [6.45, 7) is 3.85. The maximum Gasteiger partial charge on any atom is 0.231 e. The predicted molar refractivity (Wildman–Crippen MR) is 109 cm³/mol. The molecule has 2 heterocycles. The summed E-state index contributed by atoms with van der Waals surface area (Å²) in [5.74, 6) is -0.0933. The largest absolute Gasteiger partial charge is 0.326 e. The molecule has 4 rings (SSSR count). The average Bonchev–Trinajstić information content (AvgIpc) is 3.28. The summed E-state index contributed by atoms with van der Waals surface area (Å²) < 4.78 is 0. The number of nitrogens with one attached hydrogen (secondary N) is 1. The Morgan fingerprint density at radius 3 is 2.69 bits per heavy atom. The third kappa shape index (κ3) is 3.27. The Morgan fingerprint density at radius 2 is 1.96 bits per heavy atom. The Kier molecular flexibility index (Phi) is 4.80. The van der Waals surface area contributed by atoms with Crippen molar-refractivity contribution in [1.82, 2.24) is 4.90 Å². The fraction of sp³-hybridized carbons (Fsp3) is 0.238. The SMILES string of the molecule is CCC(C(=O)Nc1ccc(C2=CSC3=NCCN23)cc1)c1ccccc1. The van der Waals surface area contributed by atoms with Gasteiger partial charge in [-0.15, -0.1) is 0 Å². The average molecular weight is 363 g/mol. The van der Waals surface area contributed by atoms with E-state index in [1.54, 1.807) is 11.8 Å². The molecule has 0 spiro atoms. The van der Waals surface area contributed by atoms with Crippen molar-refractivity contribution in [3.63, 3.8) is 0 Å². The molecular weight excluding hydrogens is 342 g/mol. The van der Waals surface area contributed by atoms with Crippen LogP contribution in [0, 0.1) is 0 Å². The zero-order valence-corrected chi connectivity index (χ0v) is 15.5. The first kappa shape index (κ1) is 16.9. The molecule has 1 atom stereocenters. The van der Waals surface area contributed by atoms with E-state index in [9.17, 15) is 4.79 Å². The Labute approximate surface area is 158 Å². The van der Waals surface area contributed by atoms with Crippen molar-refractivity contribution in [3.05, 3.63) is 71.1 Å². The van der Waals surface area contributed by atoms with E-state index in [2.05, 4.69) is 32.7 Å². The normalized spacial score (nSPS) is 16.7. The fourth-order valence-electron chi connectivity index (χ4n) is 3.36. The number of carbonyl (C=O) groups excluding carboxylic acids is 1. The van der Waals surface area contributed by atoms with Crippen molar-refractivity contribution in [1.29, 1.82) is 0 Å². The lowest BCUT2D eigenvalue weighted by atomic mass is 9.95. The van der Waals surface area contributed by atoms with Gasteiger partial charge in [0.15, 0.2) is 5.17 Å². The van der Waals surface area contributed by atoms with Crippen LogP contribution in [-0.4, -0.2) is 29.1 Å². The highest BCUT2D eigenvalue weighted by atomic mass is 32.2. The van der Waals surface area contributed by atoms with Crippen LogP contribution in [0.1, 0.15) is 30.4 Å². The molecule has 0 aromatic heterocycles. The molecule has 0 fully saturated rings. The Hall–Kier alpha value is -2.53. The molecule has 0 saturated heterocycles. The van der Waals surface area contributed by atoms with E-state index in [-0.39, 0.29) is 11.8 Å². The number of hydrogen-bond acceptors (Lipinski definition) is 4. The maximum atomic E-state index is 12.7. The number of thioether (sulfide) groups is 1. The molecule has 132 valence electrons. The monoisotopic (exact) mass is 363 g/mol. The second kappa shape index (κ2) is 7.38. The molecule has 2 aromatic rings. The summed E-state index contributed by atoms with van der Waals surface area (Å²) in [5.41, 5.74) is 4.23. The van der Waals surface area contributed by atoms with Gasteiger partial charge in [0.2, 0.25) is 5.91 Å². The van der Waals surface area contributed by atoms with E-state index >= 15 is 0 Å². The Morgan fingerprint density at radius 1 is 1.19 bits per heavy atom. The van der Waals surface area contributed by atoms with Crippen LogP contribution in [0.2, 0.25) is 0 Å². The zero-order chi connectivity index (χ0) is 17.9. The number of hydrogen-bond donors (Lipinski definition) is 1. The lowest BCUT2D eigenvalue weighted by molar-refractivity contribution is -0.117. The van der Waals surface area contributed by atoms with Gasteiger partial charge in [0.05, 0.1) is 18.2 Å². The van der Waals surface area contributed by atoms with Gasteiger partial charge >= 0.3 is 0 Å². The number of nitrogens with zero attached hydrogens (tertiary/aromatic N) is 2. The van der Waals surface area contributed by atoms with Crippen molar-refractivity contribution in [2.75, 3.05) is 18.4 Å². The first-order valence-electron chi connectivity index (χ1n) is 8.91. The van der Waals surface area contributed by atoms with Crippen LogP contribution < -0.4 is 5.32 Å². The smallest absolute Gasteiger partial charge is 0.231 e. The maximum absolute atomic E-state index is 12.7. The van der Waals surface area contributed by atoms with Gasteiger partial charge in [-0.25, -0.2) is 0 Å². The predicted octanol–water partition coefficient (Wildman–Crippen LogP) is 4.54. The summed E-state index contributed by atoms with van der Waals surface area (Å²) in [6, 6.07) is 18.0. The molecule has 2 aromatic carbocycles. The van der Waals surface area contributed by atoms with Crippen molar-refractivity contribution < 1.29 is 4.79 Å². The number of anilines is 1. The number of amidine groups is 1. The van der Waals surface area contributed by atoms with Gasteiger partial charge in [0.1, 0.15) is 0 Å². The van der Waals surface area contributed by atoms with Gasteiger partial charge in [0.25, 0.3) is 0 Å². The first-order valence-corrected chi connectivity index (χ1v) is 9.79. The fourth-order valence-corrected chi connectivity index (χ4v) is 4.32. The van der Waals surface area contributed by atoms with E-state index < -0.39 is 0 Å². The number of benzene rings is 2. The van der Waals surface area contributed by atoms with Gasteiger partial charge in [0, 0.05) is 17.6 Å². The highest BCUT2D eigenvalue weighted by Crippen LogP contribution is 2.35. The molecule has 0 aliphatic carbocycles. The van der Waals surface area contributed by atoms with Gasteiger partial charge in [-0.2, -0.15) is 0 Å². The van der Waals surface area contributed by atoms with E-state index in [0.29, 0.717) is 0 Å². The van der Waals surface area contributed by atoms with Crippen LogP contribution in [0.15, 0.2) is 65.0 Å². The van der Waals surface area contributed by atoms with Crippen LogP contribution in [0.25, 0.3) is 5.70 Å². The van der Waals surface area contributed by atoms with Crippen molar-refractivity contribution in [2.24, 2.45) is 4.99 Å².